The first-order valence-electron chi connectivity index (χ1n) is 6.94. The Hall–Kier alpha value is -1.73. The van der Waals surface area contributed by atoms with Crippen molar-refractivity contribution in [1.82, 2.24) is 15.1 Å². The molecule has 0 aliphatic carbocycles. The van der Waals surface area contributed by atoms with E-state index in [0.717, 1.165) is 29.5 Å². The molecule has 0 spiro atoms. The second-order valence-corrected chi connectivity index (χ2v) is 5.73. The zero-order valence-electron chi connectivity index (χ0n) is 11.5. The molecule has 1 saturated heterocycles. The largest absolute Gasteiger partial charge is 0.409 e. The number of nitrogens with zero attached hydrogens (tertiary/aromatic N) is 2. The van der Waals surface area contributed by atoms with E-state index < -0.39 is 0 Å². The number of aromatic amines is 1. The minimum Gasteiger partial charge on any atom is -0.409 e. The van der Waals surface area contributed by atoms with E-state index in [4.69, 9.17) is 28.9 Å². The average molecular weight is 320 g/mol. The predicted octanol–water partition coefficient (Wildman–Crippen LogP) is 3.58. The van der Waals surface area contributed by atoms with Crippen LogP contribution in [0.5, 0.6) is 0 Å². The van der Waals surface area contributed by atoms with Gasteiger partial charge in [0.05, 0.1) is 0 Å². The van der Waals surface area contributed by atoms with E-state index >= 15 is 0 Å². The number of aromatic nitrogens is 2. The van der Waals surface area contributed by atoms with Gasteiger partial charge in [-0.1, -0.05) is 0 Å². The number of H-pyrrole nitrogens is 1. The molecule has 1 aromatic carbocycles. The summed E-state index contributed by atoms with van der Waals surface area (Å²) >= 11 is 10.3. The van der Waals surface area contributed by atoms with Crippen LogP contribution in [0.25, 0.3) is 11.5 Å². The second kappa shape index (κ2) is 6.36. The van der Waals surface area contributed by atoms with Crippen molar-refractivity contribution in [2.24, 2.45) is 0 Å². The molecular weight excluding hydrogens is 304 g/mol. The summed E-state index contributed by atoms with van der Waals surface area (Å²) in [6.07, 6.45) is 3.72. The van der Waals surface area contributed by atoms with Crippen LogP contribution in [-0.2, 0) is 0 Å². The van der Waals surface area contributed by atoms with Crippen LogP contribution in [0.1, 0.15) is 19.3 Å². The first-order valence-corrected chi connectivity index (χ1v) is 7.76. The number of benzene rings is 1. The van der Waals surface area contributed by atoms with Gasteiger partial charge in [-0.3, -0.25) is 0 Å². The molecule has 0 radical (unpaired) electrons. The summed E-state index contributed by atoms with van der Waals surface area (Å²) in [4.78, 5) is 2.50. The average Bonchev–Trinajstić information content (AvgIpc) is 2.95. The topological polar surface area (TPSA) is 57.1 Å². The molecule has 0 atom stereocenters. The number of thiocarbonyl (C=S) groups is 1. The Morgan fingerprint density at radius 2 is 1.90 bits per heavy atom. The summed E-state index contributed by atoms with van der Waals surface area (Å²) < 4.78 is 5.28. The van der Waals surface area contributed by atoms with Crippen LogP contribution in [0.2, 0.25) is 0 Å². The van der Waals surface area contributed by atoms with Gasteiger partial charge in [-0.05, 0) is 68.0 Å². The van der Waals surface area contributed by atoms with Gasteiger partial charge in [0, 0.05) is 24.3 Å². The molecule has 0 bridgehead atoms. The predicted molar refractivity (Wildman–Crippen MR) is 88.8 cm³/mol. The lowest BCUT2D eigenvalue weighted by Crippen LogP contribution is -2.38. The minimum atomic E-state index is 0.276. The summed E-state index contributed by atoms with van der Waals surface area (Å²) in [5.41, 5.74) is 1.83. The van der Waals surface area contributed by atoms with Crippen molar-refractivity contribution in [3.63, 3.8) is 0 Å². The van der Waals surface area contributed by atoms with E-state index in [0.29, 0.717) is 5.89 Å². The molecule has 3 rings (SSSR count). The van der Waals surface area contributed by atoms with Crippen molar-refractivity contribution in [1.29, 1.82) is 0 Å². The Kier molecular flexibility index (Phi) is 4.31. The van der Waals surface area contributed by atoms with Crippen LogP contribution >= 0.6 is 24.4 Å². The fourth-order valence-electron chi connectivity index (χ4n) is 2.35. The van der Waals surface area contributed by atoms with Gasteiger partial charge in [0.25, 0.3) is 4.84 Å². The molecule has 2 N–H and O–H groups in total. The molecular formula is C14H16N4OS2. The molecule has 21 heavy (non-hydrogen) atoms. The van der Waals surface area contributed by atoms with E-state index in [1.807, 2.05) is 24.3 Å². The van der Waals surface area contributed by atoms with Gasteiger partial charge in [-0.2, -0.15) is 0 Å². The van der Waals surface area contributed by atoms with Crippen LogP contribution in [0.4, 0.5) is 5.69 Å². The lowest BCUT2D eigenvalue weighted by atomic mass is 10.1. The molecule has 1 fully saturated rings. The number of likely N-dealkylation sites (tertiary alicyclic amines) is 1. The first kappa shape index (κ1) is 14.2. The summed E-state index contributed by atoms with van der Waals surface area (Å²) in [6.45, 7) is 2.08. The quantitative estimate of drug-likeness (QED) is 0.825. The van der Waals surface area contributed by atoms with Crippen molar-refractivity contribution >= 4 is 35.2 Å². The van der Waals surface area contributed by atoms with Gasteiger partial charge in [-0.15, -0.1) is 5.10 Å². The van der Waals surface area contributed by atoms with Crippen LogP contribution < -0.4 is 5.32 Å². The number of hydrogen-bond acceptors (Lipinski definition) is 4. The summed E-state index contributed by atoms with van der Waals surface area (Å²) in [7, 11) is 0. The molecule has 0 amide bonds. The third-order valence-electron chi connectivity index (χ3n) is 3.46. The Bertz CT molecular complexity index is 671. The highest BCUT2D eigenvalue weighted by Gasteiger charge is 2.13. The van der Waals surface area contributed by atoms with Gasteiger partial charge in [0.2, 0.25) is 5.89 Å². The minimum absolute atomic E-state index is 0.276. The maximum Gasteiger partial charge on any atom is 0.284 e. The van der Waals surface area contributed by atoms with E-state index in [1.165, 1.54) is 19.3 Å². The fourth-order valence-corrected chi connectivity index (χ4v) is 2.77. The zero-order valence-corrected chi connectivity index (χ0v) is 13.1. The Labute approximate surface area is 133 Å². The maximum atomic E-state index is 5.45. The Morgan fingerprint density at radius 1 is 1.19 bits per heavy atom. The van der Waals surface area contributed by atoms with Crippen LogP contribution in [0.15, 0.2) is 28.7 Å². The monoisotopic (exact) mass is 320 g/mol. The van der Waals surface area contributed by atoms with E-state index in [2.05, 4.69) is 20.4 Å². The molecule has 2 heterocycles. The fraction of sp³-hybridized carbons (Fsp3) is 0.357. The number of nitrogens with one attached hydrogen (secondary N) is 2. The lowest BCUT2D eigenvalue weighted by molar-refractivity contribution is 0.346. The van der Waals surface area contributed by atoms with E-state index in [1.54, 1.807) is 0 Å². The molecule has 2 aromatic rings. The molecule has 1 aliphatic heterocycles. The lowest BCUT2D eigenvalue weighted by Gasteiger charge is -2.29. The standard InChI is InChI=1S/C14H16N4OS2/c20-13(18-8-2-1-3-9-18)15-11-6-4-10(5-7-11)12-16-17-14(21)19-12/h4-7H,1-3,8-9H2,(H,15,20)(H,17,21). The van der Waals surface area contributed by atoms with Gasteiger partial charge in [0.15, 0.2) is 5.11 Å². The normalized spacial score (nSPS) is 15.0. The first-order chi connectivity index (χ1) is 10.2. The maximum absolute atomic E-state index is 5.45. The zero-order chi connectivity index (χ0) is 14.7. The number of hydrogen-bond donors (Lipinski definition) is 2. The molecule has 1 aromatic heterocycles. The van der Waals surface area contributed by atoms with Crippen molar-refractivity contribution in [3.05, 3.63) is 29.1 Å². The van der Waals surface area contributed by atoms with Gasteiger partial charge >= 0.3 is 0 Å². The Balaban J connectivity index is 1.66. The van der Waals surface area contributed by atoms with E-state index in [-0.39, 0.29) is 4.84 Å². The highest BCUT2D eigenvalue weighted by molar-refractivity contribution is 7.80. The highest BCUT2D eigenvalue weighted by atomic mass is 32.1. The summed E-state index contributed by atoms with van der Waals surface area (Å²) in [5.74, 6) is 0.491. The van der Waals surface area contributed by atoms with Crippen LogP contribution in [0.3, 0.4) is 0 Å². The van der Waals surface area contributed by atoms with E-state index in [9.17, 15) is 0 Å². The SMILES string of the molecule is S=C(Nc1ccc(-c2n[nH]c(=S)o2)cc1)N1CCCCC1. The summed E-state index contributed by atoms with van der Waals surface area (Å²) in [6, 6.07) is 7.77. The Morgan fingerprint density at radius 3 is 2.52 bits per heavy atom. The third kappa shape index (κ3) is 3.48. The molecule has 5 nitrogen and oxygen atoms in total. The van der Waals surface area contributed by atoms with Crippen molar-refractivity contribution in [2.45, 2.75) is 19.3 Å². The molecule has 110 valence electrons. The molecule has 0 unspecified atom stereocenters. The van der Waals surface area contributed by atoms with Crippen molar-refractivity contribution in [2.75, 3.05) is 18.4 Å². The van der Waals surface area contributed by atoms with Gasteiger partial charge < -0.3 is 14.6 Å². The number of rotatable bonds is 2. The smallest absolute Gasteiger partial charge is 0.284 e. The second-order valence-electron chi connectivity index (χ2n) is 4.97. The number of anilines is 1. The van der Waals surface area contributed by atoms with Gasteiger partial charge in [-0.25, -0.2) is 5.10 Å². The van der Waals surface area contributed by atoms with Crippen LogP contribution in [-0.4, -0.2) is 33.3 Å². The van der Waals surface area contributed by atoms with Gasteiger partial charge in [0.1, 0.15) is 0 Å². The van der Waals surface area contributed by atoms with Crippen LogP contribution in [0, 0.1) is 4.84 Å². The van der Waals surface area contributed by atoms with Crippen molar-refractivity contribution < 1.29 is 4.42 Å². The molecule has 0 saturated carbocycles. The number of piperidine rings is 1. The van der Waals surface area contributed by atoms with Crippen molar-refractivity contribution in [3.8, 4) is 11.5 Å². The molecule has 1 aliphatic rings. The highest BCUT2D eigenvalue weighted by Crippen LogP contribution is 2.20. The molecule has 7 heteroatoms. The summed E-state index contributed by atoms with van der Waals surface area (Å²) in [5, 5.41) is 10.7. The third-order valence-corrected chi connectivity index (χ3v) is 4.00.